The number of thioether (sulfide) groups is 1. The number of fused-ring (bicyclic) bond motifs is 1. The Kier molecular flexibility index (Phi) is 4.82. The fourth-order valence-corrected chi connectivity index (χ4v) is 3.79. The van der Waals surface area contributed by atoms with Crippen molar-refractivity contribution >= 4 is 45.0 Å². The number of carbonyl (C=O) groups is 1. The van der Waals surface area contributed by atoms with E-state index in [9.17, 15) is 4.79 Å². The predicted molar refractivity (Wildman–Crippen MR) is 100.0 cm³/mol. The highest BCUT2D eigenvalue weighted by Crippen LogP contribution is 2.28. The summed E-state index contributed by atoms with van der Waals surface area (Å²) >= 11 is 2.81. The fourth-order valence-electron chi connectivity index (χ4n) is 2.40. The van der Waals surface area contributed by atoms with Gasteiger partial charge < -0.3 is 0 Å². The first-order valence-electron chi connectivity index (χ1n) is 7.54. The number of amides is 1. The number of benzene rings is 1. The Hall–Kier alpha value is -1.99. The maximum Gasteiger partial charge on any atom is 0.236 e. The summed E-state index contributed by atoms with van der Waals surface area (Å²) < 4.78 is 0. The zero-order chi connectivity index (χ0) is 17.3. The molecular formula is C17H18N4OS2. The van der Waals surface area contributed by atoms with Crippen LogP contribution in [0.3, 0.4) is 0 Å². The van der Waals surface area contributed by atoms with Crippen LogP contribution in [0, 0.1) is 27.7 Å². The smallest absolute Gasteiger partial charge is 0.236 e. The van der Waals surface area contributed by atoms with E-state index in [-0.39, 0.29) is 5.91 Å². The first-order valence-corrected chi connectivity index (χ1v) is 9.34. The van der Waals surface area contributed by atoms with Gasteiger partial charge in [-0.3, -0.25) is 10.1 Å². The van der Waals surface area contributed by atoms with Gasteiger partial charge in [0.15, 0.2) is 0 Å². The van der Waals surface area contributed by atoms with Gasteiger partial charge >= 0.3 is 0 Å². The standard InChI is InChI=1S/C17H18N4OS2/c1-9-5-6-10(2)15-13(9)7-11(3)16(19-15)23-8-14(22)18-17-21-20-12(4)24-17/h5-7H,8H2,1-4H3,(H,18,21,22). The van der Waals surface area contributed by atoms with Gasteiger partial charge in [-0.2, -0.15) is 0 Å². The molecule has 0 unspecified atom stereocenters. The van der Waals surface area contributed by atoms with Gasteiger partial charge in [-0.25, -0.2) is 4.98 Å². The molecule has 1 amide bonds. The largest absolute Gasteiger partial charge is 0.300 e. The van der Waals surface area contributed by atoms with Crippen LogP contribution in [-0.2, 0) is 4.79 Å². The van der Waals surface area contributed by atoms with E-state index in [1.165, 1.54) is 34.0 Å². The fraction of sp³-hybridized carbons (Fsp3) is 0.294. The Labute approximate surface area is 148 Å². The normalized spacial score (nSPS) is 11.0. The molecule has 0 radical (unpaired) electrons. The molecule has 0 aliphatic rings. The van der Waals surface area contributed by atoms with Crippen molar-refractivity contribution in [1.82, 2.24) is 15.2 Å². The number of aromatic nitrogens is 3. The molecule has 124 valence electrons. The van der Waals surface area contributed by atoms with Gasteiger partial charge in [-0.1, -0.05) is 35.2 Å². The molecule has 0 aliphatic heterocycles. The first-order chi connectivity index (χ1) is 11.4. The first kappa shape index (κ1) is 16.9. The summed E-state index contributed by atoms with van der Waals surface area (Å²) in [7, 11) is 0. The van der Waals surface area contributed by atoms with E-state index in [4.69, 9.17) is 4.98 Å². The number of nitrogens with one attached hydrogen (secondary N) is 1. The van der Waals surface area contributed by atoms with Crippen molar-refractivity contribution < 1.29 is 4.79 Å². The van der Waals surface area contributed by atoms with E-state index >= 15 is 0 Å². The van der Waals surface area contributed by atoms with Crippen LogP contribution in [0.2, 0.25) is 0 Å². The van der Waals surface area contributed by atoms with Gasteiger partial charge in [-0.05, 0) is 50.5 Å². The van der Waals surface area contributed by atoms with Crippen molar-refractivity contribution in [3.63, 3.8) is 0 Å². The molecule has 0 aliphatic carbocycles. The molecule has 0 bridgehead atoms. The average molecular weight is 358 g/mol. The molecule has 1 aromatic carbocycles. The van der Waals surface area contributed by atoms with Crippen molar-refractivity contribution in [2.45, 2.75) is 32.7 Å². The lowest BCUT2D eigenvalue weighted by Crippen LogP contribution is -2.14. The predicted octanol–water partition coefficient (Wildman–Crippen LogP) is 4.05. The van der Waals surface area contributed by atoms with E-state index in [1.807, 2.05) is 13.8 Å². The number of nitrogens with zero attached hydrogens (tertiary/aromatic N) is 3. The van der Waals surface area contributed by atoms with Crippen LogP contribution in [0.4, 0.5) is 5.13 Å². The molecule has 1 N–H and O–H groups in total. The van der Waals surface area contributed by atoms with Gasteiger partial charge in [0.1, 0.15) is 10.0 Å². The van der Waals surface area contributed by atoms with Crippen LogP contribution < -0.4 is 5.32 Å². The molecule has 0 fully saturated rings. The highest BCUT2D eigenvalue weighted by atomic mass is 32.2. The molecule has 7 heteroatoms. The zero-order valence-corrected chi connectivity index (χ0v) is 15.6. The summed E-state index contributed by atoms with van der Waals surface area (Å²) in [6.45, 7) is 8.04. The summed E-state index contributed by atoms with van der Waals surface area (Å²) in [6.07, 6.45) is 0. The van der Waals surface area contributed by atoms with Crippen molar-refractivity contribution in [1.29, 1.82) is 0 Å². The van der Waals surface area contributed by atoms with Crippen LogP contribution in [0.5, 0.6) is 0 Å². The molecule has 0 saturated carbocycles. The van der Waals surface area contributed by atoms with Gasteiger partial charge in [0, 0.05) is 5.39 Å². The number of hydrogen-bond donors (Lipinski definition) is 1. The maximum absolute atomic E-state index is 12.1. The summed E-state index contributed by atoms with van der Waals surface area (Å²) in [4.78, 5) is 16.8. The van der Waals surface area contributed by atoms with E-state index in [2.05, 4.69) is 47.6 Å². The topological polar surface area (TPSA) is 67.8 Å². The summed E-state index contributed by atoms with van der Waals surface area (Å²) in [6, 6.07) is 6.35. The highest BCUT2D eigenvalue weighted by Gasteiger charge is 2.11. The molecular weight excluding hydrogens is 340 g/mol. The molecule has 3 rings (SSSR count). The third kappa shape index (κ3) is 3.57. The monoisotopic (exact) mass is 358 g/mol. The number of hydrogen-bond acceptors (Lipinski definition) is 6. The minimum atomic E-state index is -0.0987. The van der Waals surface area contributed by atoms with E-state index < -0.39 is 0 Å². The van der Waals surface area contributed by atoms with Gasteiger partial charge in [0.2, 0.25) is 11.0 Å². The minimum absolute atomic E-state index is 0.0987. The Morgan fingerprint density at radius 3 is 2.58 bits per heavy atom. The lowest BCUT2D eigenvalue weighted by molar-refractivity contribution is -0.113. The van der Waals surface area contributed by atoms with E-state index in [0.717, 1.165) is 26.7 Å². The number of anilines is 1. The molecule has 0 atom stereocenters. The number of carbonyl (C=O) groups excluding carboxylic acids is 1. The van der Waals surface area contributed by atoms with Gasteiger partial charge in [0.05, 0.1) is 11.3 Å². The Morgan fingerprint density at radius 1 is 1.12 bits per heavy atom. The molecule has 0 spiro atoms. The Bertz CT molecular complexity index is 920. The number of rotatable bonds is 4. The molecule has 3 aromatic rings. The quantitative estimate of drug-likeness (QED) is 0.713. The second kappa shape index (κ2) is 6.86. The Morgan fingerprint density at radius 2 is 1.88 bits per heavy atom. The van der Waals surface area contributed by atoms with Crippen LogP contribution >= 0.6 is 23.1 Å². The molecule has 2 heterocycles. The molecule has 5 nitrogen and oxygen atoms in total. The summed E-state index contributed by atoms with van der Waals surface area (Å²) in [5, 5.41) is 14.0. The average Bonchev–Trinajstić information content (AvgIpc) is 2.94. The van der Waals surface area contributed by atoms with Crippen LogP contribution in [0.15, 0.2) is 23.2 Å². The lowest BCUT2D eigenvalue weighted by atomic mass is 10.0. The van der Waals surface area contributed by atoms with Crippen LogP contribution in [0.1, 0.15) is 21.7 Å². The maximum atomic E-state index is 12.1. The highest BCUT2D eigenvalue weighted by molar-refractivity contribution is 8.00. The lowest BCUT2D eigenvalue weighted by Gasteiger charge is -2.10. The minimum Gasteiger partial charge on any atom is -0.300 e. The van der Waals surface area contributed by atoms with Crippen LogP contribution in [0.25, 0.3) is 10.9 Å². The van der Waals surface area contributed by atoms with Crippen molar-refractivity contribution in [2.75, 3.05) is 11.1 Å². The second-order valence-corrected chi connectivity index (χ2v) is 7.81. The van der Waals surface area contributed by atoms with Gasteiger partial charge in [0.25, 0.3) is 0 Å². The number of pyridine rings is 1. The van der Waals surface area contributed by atoms with Gasteiger partial charge in [-0.15, -0.1) is 10.2 Å². The molecule has 24 heavy (non-hydrogen) atoms. The van der Waals surface area contributed by atoms with Crippen molar-refractivity contribution in [3.05, 3.63) is 39.9 Å². The summed E-state index contributed by atoms with van der Waals surface area (Å²) in [5.41, 5.74) is 4.45. The van der Waals surface area contributed by atoms with Crippen molar-refractivity contribution in [2.24, 2.45) is 0 Å². The van der Waals surface area contributed by atoms with E-state index in [1.54, 1.807) is 0 Å². The third-order valence-corrected chi connectivity index (χ3v) is 5.51. The third-order valence-electron chi connectivity index (χ3n) is 3.66. The SMILES string of the molecule is Cc1nnc(NC(=O)CSc2nc3c(C)ccc(C)c3cc2C)s1. The number of aryl methyl sites for hydroxylation is 4. The molecule has 0 saturated heterocycles. The van der Waals surface area contributed by atoms with Crippen LogP contribution in [-0.4, -0.2) is 26.8 Å². The zero-order valence-electron chi connectivity index (χ0n) is 14.0. The molecule has 2 aromatic heterocycles. The Balaban J connectivity index is 1.76. The second-order valence-electron chi connectivity index (χ2n) is 5.67. The van der Waals surface area contributed by atoms with E-state index in [0.29, 0.717) is 10.9 Å². The van der Waals surface area contributed by atoms with Crippen molar-refractivity contribution in [3.8, 4) is 0 Å². The summed E-state index contributed by atoms with van der Waals surface area (Å²) in [5.74, 6) is 0.196.